The van der Waals surface area contributed by atoms with Gasteiger partial charge in [0.1, 0.15) is 11.5 Å². The van der Waals surface area contributed by atoms with E-state index in [0.717, 1.165) is 6.07 Å². The molecule has 0 bridgehead atoms. The standard InChI is InChI=1S/C16H12N4O4/c17-7-8-1-3-12(10(5-8)16(23)24)20-15(22)14(19)11-6-9(18)2-4-13(11)21/h1-6,19,21H,18H2,(H,20,22)(H,23,24). The van der Waals surface area contributed by atoms with Gasteiger partial charge in [0.15, 0.2) is 0 Å². The molecule has 0 saturated carbocycles. The van der Waals surface area contributed by atoms with Gasteiger partial charge in [0.05, 0.1) is 22.9 Å². The van der Waals surface area contributed by atoms with Crippen LogP contribution >= 0.6 is 0 Å². The lowest BCUT2D eigenvalue weighted by atomic mass is 10.1. The van der Waals surface area contributed by atoms with E-state index in [2.05, 4.69) is 5.32 Å². The first-order valence-corrected chi connectivity index (χ1v) is 6.59. The minimum atomic E-state index is -1.33. The first-order chi connectivity index (χ1) is 11.3. The summed E-state index contributed by atoms with van der Waals surface area (Å²) in [6.07, 6.45) is 0. The van der Waals surface area contributed by atoms with Gasteiger partial charge in [-0.15, -0.1) is 0 Å². The molecule has 0 radical (unpaired) electrons. The van der Waals surface area contributed by atoms with Crippen molar-refractivity contribution < 1.29 is 19.8 Å². The quantitative estimate of drug-likeness (QED) is 0.326. The van der Waals surface area contributed by atoms with Crippen LogP contribution in [0.1, 0.15) is 21.5 Å². The van der Waals surface area contributed by atoms with Crippen molar-refractivity contribution >= 4 is 29.0 Å². The zero-order valence-corrected chi connectivity index (χ0v) is 12.2. The molecule has 0 saturated heterocycles. The Kier molecular flexibility index (Phi) is 4.47. The first kappa shape index (κ1) is 16.5. The largest absolute Gasteiger partial charge is 0.507 e. The van der Waals surface area contributed by atoms with E-state index >= 15 is 0 Å². The van der Waals surface area contributed by atoms with E-state index in [0.29, 0.717) is 0 Å². The molecule has 2 rings (SSSR count). The average molecular weight is 324 g/mol. The van der Waals surface area contributed by atoms with Crippen LogP contribution in [0.5, 0.6) is 5.75 Å². The maximum Gasteiger partial charge on any atom is 0.337 e. The zero-order chi connectivity index (χ0) is 17.9. The molecule has 6 N–H and O–H groups in total. The number of aromatic carboxylic acids is 1. The average Bonchev–Trinajstić information content (AvgIpc) is 2.56. The summed E-state index contributed by atoms with van der Waals surface area (Å²) < 4.78 is 0. The topological polar surface area (TPSA) is 160 Å². The molecule has 120 valence electrons. The molecule has 1 amide bonds. The third-order valence-corrected chi connectivity index (χ3v) is 3.14. The molecule has 0 spiro atoms. The maximum atomic E-state index is 12.2. The maximum absolute atomic E-state index is 12.2. The van der Waals surface area contributed by atoms with Crippen molar-refractivity contribution in [1.82, 2.24) is 0 Å². The molecule has 0 aliphatic carbocycles. The number of carboxylic acid groups (broad SMARTS) is 1. The van der Waals surface area contributed by atoms with Crippen molar-refractivity contribution in [3.05, 3.63) is 53.1 Å². The zero-order valence-electron chi connectivity index (χ0n) is 12.2. The second-order valence-electron chi connectivity index (χ2n) is 4.78. The predicted octanol–water partition coefficient (Wildman–Crippen LogP) is 1.55. The number of anilines is 2. The number of nitrogens with zero attached hydrogens (tertiary/aromatic N) is 1. The second kappa shape index (κ2) is 6.50. The normalized spacial score (nSPS) is 9.79. The van der Waals surface area contributed by atoms with Crippen LogP contribution in [0.3, 0.4) is 0 Å². The molecular formula is C16H12N4O4. The first-order valence-electron chi connectivity index (χ1n) is 6.59. The smallest absolute Gasteiger partial charge is 0.337 e. The Morgan fingerprint density at radius 2 is 1.88 bits per heavy atom. The molecule has 0 heterocycles. The van der Waals surface area contributed by atoms with Crippen LogP contribution in [-0.2, 0) is 4.79 Å². The van der Waals surface area contributed by atoms with Gasteiger partial charge in [0, 0.05) is 11.3 Å². The molecular weight excluding hydrogens is 312 g/mol. The van der Waals surface area contributed by atoms with Crippen molar-refractivity contribution in [2.45, 2.75) is 0 Å². The van der Waals surface area contributed by atoms with Gasteiger partial charge in [-0.1, -0.05) is 0 Å². The number of carboxylic acids is 1. The summed E-state index contributed by atoms with van der Waals surface area (Å²) in [5.74, 6) is -2.56. The van der Waals surface area contributed by atoms with Gasteiger partial charge in [-0.3, -0.25) is 10.2 Å². The summed E-state index contributed by atoms with van der Waals surface area (Å²) in [5.41, 5.74) is 4.92. The van der Waals surface area contributed by atoms with E-state index in [1.165, 1.54) is 30.3 Å². The summed E-state index contributed by atoms with van der Waals surface area (Å²) in [6.45, 7) is 0. The number of aromatic hydroxyl groups is 1. The van der Waals surface area contributed by atoms with Crippen LogP contribution in [0, 0.1) is 16.7 Å². The molecule has 0 aliphatic heterocycles. The van der Waals surface area contributed by atoms with E-state index < -0.39 is 17.6 Å². The molecule has 8 nitrogen and oxygen atoms in total. The van der Waals surface area contributed by atoms with Gasteiger partial charge >= 0.3 is 5.97 Å². The summed E-state index contributed by atoms with van der Waals surface area (Å²) in [4.78, 5) is 23.4. The Hall–Kier alpha value is -3.86. The Bertz CT molecular complexity index is 899. The van der Waals surface area contributed by atoms with Crippen LogP contribution < -0.4 is 11.1 Å². The number of rotatable bonds is 4. The lowest BCUT2D eigenvalue weighted by Crippen LogP contribution is -2.24. The highest BCUT2D eigenvalue weighted by Gasteiger charge is 2.19. The van der Waals surface area contributed by atoms with Crippen LogP contribution in [-0.4, -0.2) is 27.8 Å². The number of benzene rings is 2. The SMILES string of the molecule is N#Cc1ccc(NC(=O)C(=N)c2cc(N)ccc2O)c(C(=O)O)c1. The molecule has 8 heteroatoms. The fraction of sp³-hybridized carbons (Fsp3) is 0. The van der Waals surface area contributed by atoms with E-state index in [-0.39, 0.29) is 33.8 Å². The molecule has 0 atom stereocenters. The Balaban J connectivity index is 2.33. The van der Waals surface area contributed by atoms with Crippen LogP contribution in [0.25, 0.3) is 0 Å². The fourth-order valence-electron chi connectivity index (χ4n) is 1.96. The van der Waals surface area contributed by atoms with Crippen molar-refractivity contribution in [1.29, 1.82) is 10.7 Å². The second-order valence-corrected chi connectivity index (χ2v) is 4.78. The minimum Gasteiger partial charge on any atom is -0.507 e. The van der Waals surface area contributed by atoms with E-state index in [1.807, 2.05) is 0 Å². The van der Waals surface area contributed by atoms with E-state index in [1.54, 1.807) is 6.07 Å². The monoisotopic (exact) mass is 324 g/mol. The van der Waals surface area contributed by atoms with Crippen LogP contribution in [0.2, 0.25) is 0 Å². The number of phenols is 1. The Labute approximate surface area is 136 Å². The van der Waals surface area contributed by atoms with Gasteiger partial charge in [-0.2, -0.15) is 5.26 Å². The number of carbonyl (C=O) groups excluding carboxylic acids is 1. The molecule has 0 unspecified atom stereocenters. The summed E-state index contributed by atoms with van der Waals surface area (Å²) in [7, 11) is 0. The van der Waals surface area contributed by atoms with Crippen LogP contribution in [0.4, 0.5) is 11.4 Å². The Morgan fingerprint density at radius 3 is 2.50 bits per heavy atom. The fourth-order valence-corrected chi connectivity index (χ4v) is 1.96. The summed E-state index contributed by atoms with van der Waals surface area (Å²) in [6, 6.07) is 9.42. The number of nitrogens with one attached hydrogen (secondary N) is 2. The highest BCUT2D eigenvalue weighted by atomic mass is 16.4. The minimum absolute atomic E-state index is 0.0698. The van der Waals surface area contributed by atoms with Crippen LogP contribution in [0.15, 0.2) is 36.4 Å². The van der Waals surface area contributed by atoms with E-state index in [9.17, 15) is 14.7 Å². The highest BCUT2D eigenvalue weighted by molar-refractivity contribution is 6.48. The molecule has 24 heavy (non-hydrogen) atoms. The van der Waals surface area contributed by atoms with Crippen molar-refractivity contribution in [3.8, 4) is 11.8 Å². The summed E-state index contributed by atoms with van der Waals surface area (Å²) in [5, 5.41) is 37.8. The van der Waals surface area contributed by atoms with Crippen molar-refractivity contribution in [2.24, 2.45) is 0 Å². The molecule has 2 aromatic rings. The lowest BCUT2D eigenvalue weighted by molar-refractivity contribution is -0.110. The van der Waals surface area contributed by atoms with Gasteiger partial charge in [0.25, 0.3) is 5.91 Å². The number of hydrogen-bond acceptors (Lipinski definition) is 6. The predicted molar refractivity (Wildman–Crippen MR) is 86.1 cm³/mol. The van der Waals surface area contributed by atoms with Gasteiger partial charge in [0.2, 0.25) is 0 Å². The van der Waals surface area contributed by atoms with Crippen molar-refractivity contribution in [3.63, 3.8) is 0 Å². The molecule has 2 aromatic carbocycles. The number of nitrogens with two attached hydrogens (primary N) is 1. The third kappa shape index (κ3) is 3.31. The number of nitriles is 1. The van der Waals surface area contributed by atoms with Crippen molar-refractivity contribution in [2.75, 3.05) is 11.1 Å². The van der Waals surface area contributed by atoms with E-state index in [4.69, 9.17) is 21.5 Å². The molecule has 0 fully saturated rings. The number of hydrogen-bond donors (Lipinski definition) is 5. The summed E-state index contributed by atoms with van der Waals surface area (Å²) >= 11 is 0. The number of carbonyl (C=O) groups is 2. The molecule has 0 aromatic heterocycles. The number of phenolic OH excluding ortho intramolecular Hbond substituents is 1. The number of nitrogen functional groups attached to an aromatic ring is 1. The Morgan fingerprint density at radius 1 is 1.17 bits per heavy atom. The van der Waals surface area contributed by atoms with Gasteiger partial charge in [-0.05, 0) is 36.4 Å². The lowest BCUT2D eigenvalue weighted by Gasteiger charge is -2.11. The highest BCUT2D eigenvalue weighted by Crippen LogP contribution is 2.22. The van der Waals surface area contributed by atoms with Gasteiger partial charge in [-0.25, -0.2) is 4.79 Å². The van der Waals surface area contributed by atoms with Gasteiger partial charge < -0.3 is 21.3 Å². The number of amides is 1. The molecule has 0 aliphatic rings. The third-order valence-electron chi connectivity index (χ3n) is 3.14.